The molecule has 2 rings (SSSR count). The molecule has 0 bridgehead atoms. The fourth-order valence-corrected chi connectivity index (χ4v) is 4.03. The molecule has 1 aliphatic rings. The molecule has 0 saturated carbocycles. The number of carboxylic acid groups (broad SMARTS) is 1. The number of aromatic nitrogens is 1. The van der Waals surface area contributed by atoms with Gasteiger partial charge in [0.05, 0.1) is 13.2 Å². The van der Waals surface area contributed by atoms with Crippen molar-refractivity contribution < 1.29 is 23.1 Å². The molecule has 0 aliphatic carbocycles. The van der Waals surface area contributed by atoms with E-state index >= 15 is 0 Å². The van der Waals surface area contributed by atoms with Gasteiger partial charge in [0.15, 0.2) is 0 Å². The summed E-state index contributed by atoms with van der Waals surface area (Å²) in [6.07, 6.45) is 1.39. The first-order valence-corrected chi connectivity index (χ1v) is 8.24. The first kappa shape index (κ1) is 16.0. The van der Waals surface area contributed by atoms with Crippen LogP contribution in [0.1, 0.15) is 37.3 Å². The van der Waals surface area contributed by atoms with Crippen molar-refractivity contribution in [3.05, 3.63) is 18.0 Å². The Morgan fingerprint density at radius 2 is 2.14 bits per heavy atom. The van der Waals surface area contributed by atoms with Gasteiger partial charge in [0.1, 0.15) is 10.6 Å². The molecule has 2 heterocycles. The summed E-state index contributed by atoms with van der Waals surface area (Å²) in [6.45, 7) is 6.35. The Kier molecular flexibility index (Phi) is 4.40. The van der Waals surface area contributed by atoms with Gasteiger partial charge in [0, 0.05) is 24.8 Å². The van der Waals surface area contributed by atoms with E-state index in [1.54, 1.807) is 20.8 Å². The third-order valence-electron chi connectivity index (χ3n) is 3.51. The lowest BCUT2D eigenvalue weighted by Crippen LogP contribution is -2.46. The summed E-state index contributed by atoms with van der Waals surface area (Å²) in [7, 11) is -3.71. The number of morpholine rings is 1. The van der Waals surface area contributed by atoms with Crippen LogP contribution in [0.15, 0.2) is 17.2 Å². The Morgan fingerprint density at radius 1 is 1.48 bits per heavy atom. The Hall–Kier alpha value is -1.38. The summed E-state index contributed by atoms with van der Waals surface area (Å²) < 4.78 is 33.4. The molecule has 1 atom stereocenters. The highest BCUT2D eigenvalue weighted by Gasteiger charge is 2.33. The van der Waals surface area contributed by atoms with E-state index in [1.165, 1.54) is 21.1 Å². The van der Waals surface area contributed by atoms with Gasteiger partial charge >= 0.3 is 5.97 Å². The predicted octanol–water partition coefficient (Wildman–Crippen LogP) is 1.18. The molecule has 1 fully saturated rings. The Labute approximate surface area is 124 Å². The van der Waals surface area contributed by atoms with Gasteiger partial charge in [-0.3, -0.25) is 0 Å². The summed E-state index contributed by atoms with van der Waals surface area (Å²) in [4.78, 5) is 11.3. The number of carboxylic acids is 1. The number of hydrogen-bond acceptors (Lipinski definition) is 4. The van der Waals surface area contributed by atoms with Gasteiger partial charge < -0.3 is 14.4 Å². The summed E-state index contributed by atoms with van der Waals surface area (Å²) in [6, 6.07) is 0.821. The average Bonchev–Trinajstić information content (AvgIpc) is 2.85. The highest BCUT2D eigenvalue weighted by atomic mass is 32.2. The lowest BCUT2D eigenvalue weighted by atomic mass is 10.3. The van der Waals surface area contributed by atoms with Crippen molar-refractivity contribution in [2.24, 2.45) is 0 Å². The van der Waals surface area contributed by atoms with Crippen molar-refractivity contribution in [2.75, 3.05) is 19.8 Å². The molecule has 0 amide bonds. The van der Waals surface area contributed by atoms with Crippen LogP contribution in [0, 0.1) is 0 Å². The van der Waals surface area contributed by atoms with Crippen LogP contribution in [0.5, 0.6) is 0 Å². The number of ether oxygens (including phenoxy) is 1. The van der Waals surface area contributed by atoms with Crippen molar-refractivity contribution in [1.82, 2.24) is 8.87 Å². The summed E-state index contributed by atoms with van der Waals surface area (Å²) in [5.41, 5.74) is -0.0236. The fraction of sp³-hybridized carbons (Fsp3) is 0.615. The van der Waals surface area contributed by atoms with E-state index < -0.39 is 16.0 Å². The van der Waals surface area contributed by atoms with E-state index in [0.29, 0.717) is 13.2 Å². The van der Waals surface area contributed by atoms with Crippen molar-refractivity contribution in [3.63, 3.8) is 0 Å². The lowest BCUT2D eigenvalue weighted by Gasteiger charge is -2.31. The van der Waals surface area contributed by atoms with Gasteiger partial charge in [0.2, 0.25) is 10.0 Å². The van der Waals surface area contributed by atoms with Gasteiger partial charge in [-0.05, 0) is 26.8 Å². The third-order valence-corrected chi connectivity index (χ3v) is 5.49. The molecule has 21 heavy (non-hydrogen) atoms. The van der Waals surface area contributed by atoms with E-state index in [1.807, 2.05) is 0 Å². The molecule has 1 saturated heterocycles. The molecule has 0 spiro atoms. The van der Waals surface area contributed by atoms with Crippen LogP contribution in [0.2, 0.25) is 0 Å². The molecular weight excluding hydrogens is 296 g/mol. The minimum absolute atomic E-state index is 0.0161. The second-order valence-corrected chi connectivity index (χ2v) is 7.30. The van der Waals surface area contributed by atoms with Crippen molar-refractivity contribution in [3.8, 4) is 0 Å². The summed E-state index contributed by atoms with van der Waals surface area (Å²) >= 11 is 0. The fourth-order valence-electron chi connectivity index (χ4n) is 2.40. The molecule has 1 aliphatic heterocycles. The minimum Gasteiger partial charge on any atom is -0.477 e. The van der Waals surface area contributed by atoms with Crippen LogP contribution in [-0.2, 0) is 14.8 Å². The molecule has 1 aromatic rings. The average molecular weight is 316 g/mol. The number of nitrogens with zero attached hydrogens (tertiary/aromatic N) is 2. The zero-order valence-corrected chi connectivity index (χ0v) is 13.1. The maximum absolute atomic E-state index is 12.7. The van der Waals surface area contributed by atoms with Gasteiger partial charge in [-0.1, -0.05) is 0 Å². The number of rotatable bonds is 4. The minimum atomic E-state index is -3.71. The molecule has 8 heteroatoms. The third kappa shape index (κ3) is 2.97. The highest BCUT2D eigenvalue weighted by Crippen LogP contribution is 2.24. The molecule has 0 aromatic carbocycles. The second-order valence-electron chi connectivity index (χ2n) is 5.41. The molecule has 1 aromatic heterocycles. The second kappa shape index (κ2) is 5.78. The number of aromatic carboxylic acids is 1. The molecule has 1 unspecified atom stereocenters. The van der Waals surface area contributed by atoms with Crippen molar-refractivity contribution >= 4 is 16.0 Å². The first-order valence-electron chi connectivity index (χ1n) is 6.80. The predicted molar refractivity (Wildman–Crippen MR) is 75.9 cm³/mol. The van der Waals surface area contributed by atoms with Gasteiger partial charge in [0.25, 0.3) is 0 Å². The zero-order valence-electron chi connectivity index (χ0n) is 12.3. The van der Waals surface area contributed by atoms with Crippen molar-refractivity contribution in [2.45, 2.75) is 37.8 Å². The first-order chi connectivity index (χ1) is 9.75. The van der Waals surface area contributed by atoms with Crippen LogP contribution >= 0.6 is 0 Å². The summed E-state index contributed by atoms with van der Waals surface area (Å²) in [5.74, 6) is -1.14. The molecule has 1 N–H and O–H groups in total. The highest BCUT2D eigenvalue weighted by molar-refractivity contribution is 7.89. The maximum atomic E-state index is 12.7. The molecule has 118 valence electrons. The Balaban J connectivity index is 2.45. The van der Waals surface area contributed by atoms with Gasteiger partial charge in [-0.25, -0.2) is 13.2 Å². The van der Waals surface area contributed by atoms with Gasteiger partial charge in [-0.15, -0.1) is 0 Å². The van der Waals surface area contributed by atoms with Crippen LogP contribution in [0.3, 0.4) is 0 Å². The largest absolute Gasteiger partial charge is 0.477 e. The van der Waals surface area contributed by atoms with E-state index in [0.717, 1.165) is 0 Å². The monoisotopic (exact) mass is 316 g/mol. The maximum Gasteiger partial charge on any atom is 0.352 e. The quantitative estimate of drug-likeness (QED) is 0.901. The Bertz CT molecular complexity index is 635. The topological polar surface area (TPSA) is 88.8 Å². The van der Waals surface area contributed by atoms with Crippen LogP contribution in [-0.4, -0.2) is 54.2 Å². The smallest absolute Gasteiger partial charge is 0.352 e. The van der Waals surface area contributed by atoms with E-state index in [-0.39, 0.29) is 29.2 Å². The lowest BCUT2D eigenvalue weighted by molar-refractivity contribution is 0.0392. The standard InChI is InChI=1S/C13H20N2O5S/c1-9(2)14-7-11(6-12(14)13(16)17)21(18,19)15-4-5-20-8-10(15)3/h6-7,9-10H,4-5,8H2,1-3H3,(H,16,17). The van der Waals surface area contributed by atoms with Crippen LogP contribution in [0.25, 0.3) is 0 Å². The Morgan fingerprint density at radius 3 is 2.62 bits per heavy atom. The number of hydrogen-bond donors (Lipinski definition) is 1. The van der Waals surface area contributed by atoms with E-state index in [9.17, 15) is 18.3 Å². The number of carbonyl (C=O) groups is 1. The van der Waals surface area contributed by atoms with Gasteiger partial charge in [-0.2, -0.15) is 4.31 Å². The van der Waals surface area contributed by atoms with Crippen LogP contribution < -0.4 is 0 Å². The molecular formula is C13H20N2O5S. The normalized spacial score (nSPS) is 20.9. The van der Waals surface area contributed by atoms with Crippen LogP contribution in [0.4, 0.5) is 0 Å². The van der Waals surface area contributed by atoms with E-state index in [4.69, 9.17) is 4.74 Å². The SMILES string of the molecule is CC1COCCN1S(=O)(=O)c1cc(C(=O)O)n(C(C)C)c1. The van der Waals surface area contributed by atoms with Crippen molar-refractivity contribution in [1.29, 1.82) is 0 Å². The molecule has 7 nitrogen and oxygen atoms in total. The molecule has 0 radical (unpaired) electrons. The van der Waals surface area contributed by atoms with E-state index in [2.05, 4.69) is 0 Å². The number of sulfonamides is 1. The zero-order chi connectivity index (χ0) is 15.8. The summed E-state index contributed by atoms with van der Waals surface area (Å²) in [5, 5.41) is 9.21.